The number of hydrogen-bond acceptors (Lipinski definition) is 6. The van der Waals surface area contributed by atoms with Gasteiger partial charge in [0.15, 0.2) is 0 Å². The van der Waals surface area contributed by atoms with Gasteiger partial charge in [0.25, 0.3) is 0 Å². The van der Waals surface area contributed by atoms with Crippen molar-refractivity contribution in [1.82, 2.24) is 13.9 Å². The van der Waals surface area contributed by atoms with E-state index < -0.39 is 20.0 Å². The topological polar surface area (TPSA) is 96.0 Å². The maximum absolute atomic E-state index is 13.5. The van der Waals surface area contributed by atoms with Gasteiger partial charge in [0, 0.05) is 39.3 Å². The van der Waals surface area contributed by atoms with E-state index in [1.165, 1.54) is 27.9 Å². The Hall–Kier alpha value is -1.98. The van der Waals surface area contributed by atoms with Crippen molar-refractivity contribution >= 4 is 20.0 Å². The van der Waals surface area contributed by atoms with E-state index in [1.54, 1.807) is 12.1 Å². The first-order chi connectivity index (χ1) is 15.2. The van der Waals surface area contributed by atoms with E-state index in [4.69, 9.17) is 4.74 Å². The molecule has 0 aromatic heterocycles. The molecule has 1 aliphatic heterocycles. The first kappa shape index (κ1) is 24.7. The van der Waals surface area contributed by atoms with Crippen LogP contribution in [0.15, 0.2) is 59.5 Å². The van der Waals surface area contributed by atoms with Crippen molar-refractivity contribution in [3.8, 4) is 5.75 Å². The molecule has 3 rings (SSSR count). The van der Waals surface area contributed by atoms with Crippen LogP contribution in [0, 0.1) is 0 Å². The van der Waals surface area contributed by atoms with Gasteiger partial charge in [-0.1, -0.05) is 37.3 Å². The minimum Gasteiger partial charge on any atom is -0.497 e. The van der Waals surface area contributed by atoms with Gasteiger partial charge in [0.1, 0.15) is 5.75 Å². The average molecular weight is 482 g/mol. The largest absolute Gasteiger partial charge is 0.497 e. The molecule has 8 nitrogen and oxygen atoms in total. The van der Waals surface area contributed by atoms with Crippen LogP contribution in [0.25, 0.3) is 0 Å². The number of piperazine rings is 1. The fourth-order valence-corrected chi connectivity index (χ4v) is 6.76. The van der Waals surface area contributed by atoms with Gasteiger partial charge in [-0.2, -0.15) is 8.61 Å². The summed E-state index contributed by atoms with van der Waals surface area (Å²) in [6.07, 6.45) is 0. The molecular weight excluding hydrogens is 450 g/mol. The predicted octanol–water partition coefficient (Wildman–Crippen LogP) is 1.72. The zero-order chi connectivity index (χ0) is 23.2. The van der Waals surface area contributed by atoms with Crippen LogP contribution in [0.5, 0.6) is 5.75 Å². The lowest BCUT2D eigenvalue weighted by Gasteiger charge is -2.29. The van der Waals surface area contributed by atoms with Gasteiger partial charge in [-0.15, -0.1) is 0 Å². The summed E-state index contributed by atoms with van der Waals surface area (Å²) >= 11 is 0. The zero-order valence-electron chi connectivity index (χ0n) is 18.5. The van der Waals surface area contributed by atoms with Crippen molar-refractivity contribution in [3.05, 3.63) is 60.2 Å². The molecule has 2 aromatic carbocycles. The first-order valence-electron chi connectivity index (χ1n) is 10.6. The van der Waals surface area contributed by atoms with Gasteiger partial charge in [0.2, 0.25) is 20.0 Å². The van der Waals surface area contributed by atoms with Crippen LogP contribution in [0.2, 0.25) is 0 Å². The van der Waals surface area contributed by atoms with Crippen molar-refractivity contribution in [2.75, 3.05) is 52.1 Å². The Kier molecular flexibility index (Phi) is 8.29. The molecule has 0 radical (unpaired) electrons. The molecule has 1 atom stereocenters. The van der Waals surface area contributed by atoms with Crippen LogP contribution >= 0.6 is 0 Å². The van der Waals surface area contributed by atoms with Gasteiger partial charge in [0.05, 0.1) is 17.8 Å². The molecule has 1 N–H and O–H groups in total. The highest BCUT2D eigenvalue weighted by Crippen LogP contribution is 2.24. The highest BCUT2D eigenvalue weighted by atomic mass is 32.2. The maximum Gasteiger partial charge on any atom is 0.243 e. The molecule has 0 unspecified atom stereocenters. The van der Waals surface area contributed by atoms with Gasteiger partial charge in [-0.05, 0) is 35.7 Å². The summed E-state index contributed by atoms with van der Waals surface area (Å²) in [5.41, 5.74) is 0.993. The summed E-state index contributed by atoms with van der Waals surface area (Å²) in [4.78, 5) is 0.109. The summed E-state index contributed by atoms with van der Waals surface area (Å²) in [6, 6.07) is 15.7. The van der Waals surface area contributed by atoms with E-state index >= 15 is 0 Å². The molecule has 10 heteroatoms. The summed E-state index contributed by atoms with van der Waals surface area (Å²) in [5, 5.41) is 3.13. The molecule has 32 heavy (non-hydrogen) atoms. The van der Waals surface area contributed by atoms with Crippen LogP contribution < -0.4 is 10.1 Å². The SMILES string of the molecule is COc1ccc(S(=O)(=O)N(CCS(=O)(=O)N2CCNCC2)C[C@H](C)c2ccccc2)cc1. The molecule has 1 fully saturated rings. The van der Waals surface area contributed by atoms with Gasteiger partial charge in [-0.25, -0.2) is 16.8 Å². The quantitative estimate of drug-likeness (QED) is 0.555. The average Bonchev–Trinajstić information content (AvgIpc) is 2.82. The molecular formula is C22H31N3O5S2. The molecule has 1 heterocycles. The second-order valence-electron chi connectivity index (χ2n) is 7.82. The van der Waals surface area contributed by atoms with Crippen LogP contribution in [0.3, 0.4) is 0 Å². The van der Waals surface area contributed by atoms with E-state index in [9.17, 15) is 16.8 Å². The fraction of sp³-hybridized carbons (Fsp3) is 0.455. The van der Waals surface area contributed by atoms with Crippen molar-refractivity contribution in [1.29, 1.82) is 0 Å². The van der Waals surface area contributed by atoms with E-state index in [-0.39, 0.29) is 29.7 Å². The molecule has 0 bridgehead atoms. The Morgan fingerprint density at radius 1 is 1.00 bits per heavy atom. The summed E-state index contributed by atoms with van der Waals surface area (Å²) in [6.45, 7) is 3.99. The highest BCUT2D eigenvalue weighted by Gasteiger charge is 2.30. The van der Waals surface area contributed by atoms with Gasteiger partial charge in [-0.3, -0.25) is 0 Å². The van der Waals surface area contributed by atoms with E-state index in [2.05, 4.69) is 5.32 Å². The van der Waals surface area contributed by atoms with Crippen molar-refractivity contribution < 1.29 is 21.6 Å². The third-order valence-corrected chi connectivity index (χ3v) is 9.34. The Morgan fingerprint density at radius 2 is 1.62 bits per heavy atom. The second-order valence-corrected chi connectivity index (χ2v) is 11.8. The standard InChI is InChI=1S/C22H31N3O5S2/c1-19(20-6-4-3-5-7-20)18-25(16-17-31(26,27)24-14-12-23-13-15-24)32(28,29)22-10-8-21(30-2)9-11-22/h3-11,19,23H,12-18H2,1-2H3/t19-/m0/s1. The minimum absolute atomic E-state index is 0.105. The van der Waals surface area contributed by atoms with Crippen LogP contribution in [0.4, 0.5) is 0 Å². The molecule has 0 saturated carbocycles. The Balaban J connectivity index is 1.84. The lowest BCUT2D eigenvalue weighted by Crippen LogP contribution is -2.48. The summed E-state index contributed by atoms with van der Waals surface area (Å²) in [7, 11) is -5.95. The van der Waals surface area contributed by atoms with E-state index in [0.29, 0.717) is 31.9 Å². The van der Waals surface area contributed by atoms with Crippen molar-refractivity contribution in [3.63, 3.8) is 0 Å². The Morgan fingerprint density at radius 3 is 2.22 bits per heavy atom. The minimum atomic E-state index is -3.90. The molecule has 0 aliphatic carbocycles. The number of ether oxygens (including phenoxy) is 1. The van der Waals surface area contributed by atoms with Crippen LogP contribution in [0.1, 0.15) is 18.4 Å². The maximum atomic E-state index is 13.5. The Labute approximate surface area is 191 Å². The van der Waals surface area contributed by atoms with Gasteiger partial charge < -0.3 is 10.1 Å². The molecule has 2 aromatic rings. The second kappa shape index (κ2) is 10.8. The Bertz CT molecular complexity index is 1070. The number of nitrogens with one attached hydrogen (secondary N) is 1. The number of sulfonamides is 2. The summed E-state index contributed by atoms with van der Waals surface area (Å²) in [5.74, 6) is 0.185. The van der Waals surface area contributed by atoms with Crippen molar-refractivity contribution in [2.24, 2.45) is 0 Å². The van der Waals surface area contributed by atoms with Gasteiger partial charge >= 0.3 is 0 Å². The van der Waals surface area contributed by atoms with E-state index in [1.807, 2.05) is 37.3 Å². The number of rotatable bonds is 10. The smallest absolute Gasteiger partial charge is 0.243 e. The monoisotopic (exact) mass is 481 g/mol. The number of benzene rings is 2. The van der Waals surface area contributed by atoms with Crippen molar-refractivity contribution in [2.45, 2.75) is 17.7 Å². The normalized spacial score (nSPS) is 16.7. The molecule has 176 valence electrons. The van der Waals surface area contributed by atoms with Crippen LogP contribution in [-0.4, -0.2) is 77.6 Å². The lowest BCUT2D eigenvalue weighted by atomic mass is 10.0. The third-order valence-electron chi connectivity index (χ3n) is 5.61. The predicted molar refractivity (Wildman–Crippen MR) is 125 cm³/mol. The molecule has 0 amide bonds. The van der Waals surface area contributed by atoms with E-state index in [0.717, 1.165) is 5.56 Å². The number of nitrogens with zero attached hydrogens (tertiary/aromatic N) is 2. The molecule has 1 saturated heterocycles. The third kappa shape index (κ3) is 6.08. The highest BCUT2D eigenvalue weighted by molar-refractivity contribution is 7.90. The zero-order valence-corrected chi connectivity index (χ0v) is 20.1. The summed E-state index contributed by atoms with van der Waals surface area (Å²) < 4.78 is 60.5. The first-order valence-corrected chi connectivity index (χ1v) is 13.7. The molecule has 0 spiro atoms. The molecule has 1 aliphatic rings. The number of methoxy groups -OCH3 is 1. The number of hydrogen-bond donors (Lipinski definition) is 1. The lowest BCUT2D eigenvalue weighted by molar-refractivity contribution is 0.354. The van der Waals surface area contributed by atoms with Crippen LogP contribution in [-0.2, 0) is 20.0 Å². The fourth-order valence-electron chi connectivity index (χ4n) is 3.67.